The number of alkyl halides is 6. The molecule has 0 aliphatic rings. The van der Waals surface area contributed by atoms with E-state index in [2.05, 4.69) is 11.6 Å². The summed E-state index contributed by atoms with van der Waals surface area (Å²) in [6.45, 7) is 0. The van der Waals surface area contributed by atoms with Crippen molar-refractivity contribution in [3.63, 3.8) is 0 Å². The molecule has 0 N–H and O–H groups in total. The lowest BCUT2D eigenvalue weighted by atomic mass is 10.5. The Morgan fingerprint density at radius 3 is 1.79 bits per heavy atom. The van der Waals surface area contributed by atoms with Crippen LogP contribution in [-0.2, 0) is 0 Å². The second-order valence-electron chi connectivity index (χ2n) is 1.80. The zero-order valence-corrected chi connectivity index (χ0v) is 7.57. The third kappa shape index (κ3) is 4.62. The smallest absolute Gasteiger partial charge is 0.192 e. The maximum atomic E-state index is 11.7. The summed E-state index contributed by atoms with van der Waals surface area (Å²) in [7, 11) is 0. The molecule has 9 heteroatoms. The van der Waals surface area contributed by atoms with Crippen LogP contribution in [0.25, 0.3) is 0 Å². The molecule has 0 fully saturated rings. The van der Waals surface area contributed by atoms with Crippen LogP contribution in [0.1, 0.15) is 0 Å². The Hall–Kier alpha value is -0.550. The van der Waals surface area contributed by atoms with Crippen molar-refractivity contribution in [1.82, 2.24) is 0 Å². The highest BCUT2D eigenvalue weighted by molar-refractivity contribution is 8.04. The SMILES string of the molecule is N#CC(SC(F)(F)F)=C(Cl)C(F)(F)F. The molecule has 0 heterocycles. The van der Waals surface area contributed by atoms with Crippen LogP contribution < -0.4 is 0 Å². The molecule has 0 aromatic heterocycles. The number of nitrogens with zero attached hydrogens (tertiary/aromatic N) is 1. The zero-order chi connectivity index (χ0) is 11.6. The van der Waals surface area contributed by atoms with E-state index in [1.165, 1.54) is 0 Å². The van der Waals surface area contributed by atoms with Crippen molar-refractivity contribution in [3.05, 3.63) is 9.94 Å². The average molecular weight is 256 g/mol. The predicted octanol–water partition coefficient (Wildman–Crippen LogP) is 3.78. The summed E-state index contributed by atoms with van der Waals surface area (Å²) in [4.78, 5) is -1.62. The zero-order valence-electron chi connectivity index (χ0n) is 6.00. The minimum atomic E-state index is -5.15. The number of nitriles is 1. The molecule has 0 spiro atoms. The molecule has 0 aromatic rings. The fraction of sp³-hybridized carbons (Fsp3) is 0.400. The Balaban J connectivity index is 5.01. The average Bonchev–Trinajstić information content (AvgIpc) is 1.95. The molecule has 0 amide bonds. The van der Waals surface area contributed by atoms with Gasteiger partial charge in [0.1, 0.15) is 16.0 Å². The summed E-state index contributed by atoms with van der Waals surface area (Å²) in [5.74, 6) is 0. The van der Waals surface area contributed by atoms with Gasteiger partial charge in [0.15, 0.2) is 0 Å². The van der Waals surface area contributed by atoms with Gasteiger partial charge in [-0.25, -0.2) is 0 Å². The van der Waals surface area contributed by atoms with Gasteiger partial charge in [-0.1, -0.05) is 11.6 Å². The van der Waals surface area contributed by atoms with Crippen LogP contribution in [-0.4, -0.2) is 11.7 Å². The third-order valence-electron chi connectivity index (χ3n) is 0.768. The van der Waals surface area contributed by atoms with Crippen LogP contribution in [0.2, 0.25) is 0 Å². The minimum Gasteiger partial charge on any atom is -0.192 e. The molecule has 0 bridgehead atoms. The molecule has 0 aliphatic heterocycles. The third-order valence-corrected chi connectivity index (χ3v) is 2.01. The molecular weight excluding hydrogens is 256 g/mol. The Morgan fingerprint density at radius 1 is 1.14 bits per heavy atom. The highest BCUT2D eigenvalue weighted by Gasteiger charge is 2.40. The van der Waals surface area contributed by atoms with Crippen molar-refractivity contribution in [1.29, 1.82) is 5.26 Å². The van der Waals surface area contributed by atoms with E-state index in [9.17, 15) is 26.3 Å². The van der Waals surface area contributed by atoms with Gasteiger partial charge in [0.2, 0.25) is 0 Å². The van der Waals surface area contributed by atoms with Crippen LogP contribution in [0.15, 0.2) is 9.94 Å². The Kier molecular flexibility index (Phi) is 4.15. The first-order valence-electron chi connectivity index (χ1n) is 2.70. The van der Waals surface area contributed by atoms with Gasteiger partial charge in [0.05, 0.1) is 0 Å². The summed E-state index contributed by atoms with van der Waals surface area (Å²) in [5, 5.41) is 5.94. The van der Waals surface area contributed by atoms with Gasteiger partial charge in [-0.15, -0.1) is 0 Å². The number of rotatable bonds is 1. The minimum absolute atomic E-state index is 0.736. The first kappa shape index (κ1) is 13.4. The molecule has 0 unspecified atom stereocenters. The summed E-state index contributed by atoms with van der Waals surface area (Å²) in [5.41, 5.74) is -4.98. The molecule has 0 radical (unpaired) electrons. The van der Waals surface area contributed by atoms with Gasteiger partial charge in [0.25, 0.3) is 0 Å². The van der Waals surface area contributed by atoms with E-state index in [0.29, 0.717) is 0 Å². The van der Waals surface area contributed by atoms with Crippen molar-refractivity contribution < 1.29 is 26.3 Å². The summed E-state index contributed by atoms with van der Waals surface area (Å²) in [6, 6.07) is 0.736. The Morgan fingerprint density at radius 2 is 1.57 bits per heavy atom. The molecule has 0 rings (SSSR count). The molecule has 0 saturated carbocycles. The lowest BCUT2D eigenvalue weighted by Gasteiger charge is -2.08. The quantitative estimate of drug-likeness (QED) is 0.526. The summed E-state index contributed by atoms with van der Waals surface area (Å²) >= 11 is 3.34. The highest BCUT2D eigenvalue weighted by atomic mass is 35.5. The van der Waals surface area contributed by atoms with E-state index < -0.39 is 33.4 Å². The van der Waals surface area contributed by atoms with Crippen molar-refractivity contribution in [2.45, 2.75) is 11.7 Å². The molecule has 0 aromatic carbocycles. The summed E-state index contributed by atoms with van der Waals surface area (Å²) in [6.07, 6.45) is -5.15. The Bertz CT molecular complexity index is 284. The highest BCUT2D eigenvalue weighted by Crippen LogP contribution is 2.42. The molecule has 0 aliphatic carbocycles. The van der Waals surface area contributed by atoms with Crippen molar-refractivity contribution in [2.24, 2.45) is 0 Å². The van der Waals surface area contributed by atoms with E-state index in [1.54, 1.807) is 0 Å². The van der Waals surface area contributed by atoms with Crippen LogP contribution in [0, 0.1) is 11.3 Å². The molecule has 14 heavy (non-hydrogen) atoms. The normalized spacial score (nSPS) is 14.7. The lowest BCUT2D eigenvalue weighted by molar-refractivity contribution is -0.0847. The van der Waals surface area contributed by atoms with Gasteiger partial charge in [0, 0.05) is 0 Å². The van der Waals surface area contributed by atoms with Crippen molar-refractivity contribution in [3.8, 4) is 6.07 Å². The largest absolute Gasteiger partial charge is 0.447 e. The fourth-order valence-electron chi connectivity index (χ4n) is 0.361. The van der Waals surface area contributed by atoms with Gasteiger partial charge in [-0.05, 0) is 11.8 Å². The van der Waals surface area contributed by atoms with E-state index >= 15 is 0 Å². The van der Waals surface area contributed by atoms with E-state index in [0.717, 1.165) is 6.07 Å². The van der Waals surface area contributed by atoms with Crippen LogP contribution in [0.5, 0.6) is 0 Å². The van der Waals surface area contributed by atoms with Crippen molar-refractivity contribution in [2.75, 3.05) is 0 Å². The Labute approximate surface area is 83.3 Å². The van der Waals surface area contributed by atoms with Crippen molar-refractivity contribution >= 4 is 23.4 Å². The van der Waals surface area contributed by atoms with Gasteiger partial charge < -0.3 is 0 Å². The van der Waals surface area contributed by atoms with Gasteiger partial charge >= 0.3 is 11.7 Å². The number of thioether (sulfide) groups is 1. The predicted molar refractivity (Wildman–Crippen MR) is 38.2 cm³/mol. The molecule has 0 saturated heterocycles. The first-order valence-corrected chi connectivity index (χ1v) is 3.90. The lowest BCUT2D eigenvalue weighted by Crippen LogP contribution is -2.10. The maximum absolute atomic E-state index is 11.7. The fourth-order valence-corrected chi connectivity index (χ4v) is 1.00. The number of hydrogen-bond acceptors (Lipinski definition) is 2. The van der Waals surface area contributed by atoms with E-state index in [4.69, 9.17) is 5.26 Å². The van der Waals surface area contributed by atoms with Gasteiger partial charge in [-0.3, -0.25) is 0 Å². The molecule has 0 atom stereocenters. The van der Waals surface area contributed by atoms with E-state index in [1.807, 2.05) is 0 Å². The number of hydrogen-bond donors (Lipinski definition) is 0. The van der Waals surface area contributed by atoms with Gasteiger partial charge in [-0.2, -0.15) is 31.6 Å². The molecular formula is C5ClF6NS. The summed E-state index contributed by atoms with van der Waals surface area (Å²) < 4.78 is 70.0. The number of halogens is 7. The van der Waals surface area contributed by atoms with Crippen LogP contribution in [0.4, 0.5) is 26.3 Å². The van der Waals surface area contributed by atoms with E-state index in [-0.39, 0.29) is 0 Å². The second-order valence-corrected chi connectivity index (χ2v) is 3.25. The van der Waals surface area contributed by atoms with Crippen LogP contribution in [0.3, 0.4) is 0 Å². The molecule has 80 valence electrons. The van der Waals surface area contributed by atoms with Crippen LogP contribution >= 0.6 is 23.4 Å². The topological polar surface area (TPSA) is 23.8 Å². The second kappa shape index (κ2) is 4.31. The maximum Gasteiger partial charge on any atom is 0.447 e. The monoisotopic (exact) mass is 255 g/mol. The molecule has 1 nitrogen and oxygen atoms in total. The number of allylic oxidation sites excluding steroid dienone is 2. The first-order chi connectivity index (χ1) is 6.08. The standard InChI is InChI=1S/C5ClF6NS/c6-3(4(7,8)9)2(1-13)14-5(10,11)12.